The zero-order valence-corrected chi connectivity index (χ0v) is 12.8. The average Bonchev–Trinajstić information content (AvgIpc) is 2.85. The standard InChI is InChI=1S/C14H18N4O2S/c1-20-7-6-18-12(16-17-14(18)21)10-8-9-4-2-3-5-11(9)15-13(10)19/h8H,2-7H2,1H3,(H,15,19)(H,17,21). The van der Waals surface area contributed by atoms with Crippen LogP contribution < -0.4 is 5.56 Å². The summed E-state index contributed by atoms with van der Waals surface area (Å²) in [5, 5.41) is 6.98. The van der Waals surface area contributed by atoms with Crippen LogP contribution in [0.2, 0.25) is 0 Å². The maximum absolute atomic E-state index is 12.3. The predicted molar refractivity (Wildman–Crippen MR) is 82.0 cm³/mol. The summed E-state index contributed by atoms with van der Waals surface area (Å²) in [6.45, 7) is 1.08. The molecule has 2 aromatic heterocycles. The number of nitrogens with one attached hydrogen (secondary N) is 2. The summed E-state index contributed by atoms with van der Waals surface area (Å²) in [6.07, 6.45) is 4.24. The van der Waals surface area contributed by atoms with E-state index in [1.807, 2.05) is 6.07 Å². The molecular weight excluding hydrogens is 288 g/mol. The smallest absolute Gasteiger partial charge is 0.259 e. The minimum absolute atomic E-state index is 0.108. The lowest BCUT2D eigenvalue weighted by Gasteiger charge is -2.16. The van der Waals surface area contributed by atoms with Crippen molar-refractivity contribution in [2.24, 2.45) is 0 Å². The first-order valence-electron chi connectivity index (χ1n) is 7.10. The monoisotopic (exact) mass is 306 g/mol. The van der Waals surface area contributed by atoms with Crippen molar-refractivity contribution in [2.75, 3.05) is 13.7 Å². The number of H-pyrrole nitrogens is 2. The number of aromatic nitrogens is 4. The molecule has 0 aliphatic heterocycles. The van der Waals surface area contributed by atoms with E-state index in [2.05, 4.69) is 15.2 Å². The molecule has 0 bridgehead atoms. The van der Waals surface area contributed by atoms with Crippen molar-refractivity contribution in [3.8, 4) is 11.4 Å². The van der Waals surface area contributed by atoms with Gasteiger partial charge in [0, 0.05) is 12.8 Å². The third-order valence-electron chi connectivity index (χ3n) is 3.86. The highest BCUT2D eigenvalue weighted by Crippen LogP contribution is 2.22. The summed E-state index contributed by atoms with van der Waals surface area (Å²) < 4.78 is 7.39. The number of ether oxygens (including phenoxy) is 1. The molecule has 112 valence electrons. The van der Waals surface area contributed by atoms with E-state index in [4.69, 9.17) is 17.0 Å². The van der Waals surface area contributed by atoms with Gasteiger partial charge in [-0.2, -0.15) is 5.10 Å². The summed E-state index contributed by atoms with van der Waals surface area (Å²) in [6, 6.07) is 1.96. The fourth-order valence-electron chi connectivity index (χ4n) is 2.75. The fraction of sp³-hybridized carbons (Fsp3) is 0.500. The molecule has 0 radical (unpaired) electrons. The summed E-state index contributed by atoms with van der Waals surface area (Å²) in [7, 11) is 1.63. The van der Waals surface area contributed by atoms with Crippen LogP contribution in [0.3, 0.4) is 0 Å². The van der Waals surface area contributed by atoms with E-state index < -0.39 is 0 Å². The number of nitrogens with zero attached hydrogens (tertiary/aromatic N) is 2. The van der Waals surface area contributed by atoms with E-state index in [-0.39, 0.29) is 5.56 Å². The summed E-state index contributed by atoms with van der Waals surface area (Å²) in [5.41, 5.74) is 2.73. The van der Waals surface area contributed by atoms with E-state index in [9.17, 15) is 4.79 Å². The van der Waals surface area contributed by atoms with Crippen molar-refractivity contribution in [1.29, 1.82) is 0 Å². The molecule has 1 aliphatic rings. The van der Waals surface area contributed by atoms with Crippen LogP contribution in [0.15, 0.2) is 10.9 Å². The van der Waals surface area contributed by atoms with Crippen molar-refractivity contribution in [3.63, 3.8) is 0 Å². The quantitative estimate of drug-likeness (QED) is 0.845. The predicted octanol–water partition coefficient (Wildman–Crippen LogP) is 1.82. The Bertz CT molecular complexity index is 759. The molecule has 1 aliphatic carbocycles. The van der Waals surface area contributed by atoms with Crippen LogP contribution in [0.5, 0.6) is 0 Å². The maximum atomic E-state index is 12.3. The number of methoxy groups -OCH3 is 1. The van der Waals surface area contributed by atoms with Gasteiger partial charge in [-0.1, -0.05) is 0 Å². The van der Waals surface area contributed by atoms with Gasteiger partial charge in [0.05, 0.1) is 18.7 Å². The highest BCUT2D eigenvalue weighted by Gasteiger charge is 2.17. The van der Waals surface area contributed by atoms with Gasteiger partial charge in [-0.05, 0) is 49.5 Å². The van der Waals surface area contributed by atoms with Crippen LogP contribution in [0.25, 0.3) is 11.4 Å². The molecule has 7 heteroatoms. The first kappa shape index (κ1) is 14.2. The Hall–Kier alpha value is -1.73. The van der Waals surface area contributed by atoms with E-state index >= 15 is 0 Å². The van der Waals surface area contributed by atoms with E-state index in [1.165, 1.54) is 5.56 Å². The molecule has 0 aromatic carbocycles. The van der Waals surface area contributed by atoms with Gasteiger partial charge >= 0.3 is 0 Å². The van der Waals surface area contributed by atoms with Gasteiger partial charge in [0.2, 0.25) is 0 Å². The lowest BCUT2D eigenvalue weighted by molar-refractivity contribution is 0.187. The Balaban J connectivity index is 2.08. The average molecular weight is 306 g/mol. The number of aromatic amines is 2. The second-order valence-electron chi connectivity index (χ2n) is 5.22. The fourth-order valence-corrected chi connectivity index (χ4v) is 2.98. The molecular formula is C14H18N4O2S. The molecule has 0 amide bonds. The Kier molecular flexibility index (Phi) is 4.03. The number of aryl methyl sites for hydroxylation is 2. The number of hydrogen-bond donors (Lipinski definition) is 2. The molecule has 2 heterocycles. The van der Waals surface area contributed by atoms with Crippen LogP contribution in [0, 0.1) is 4.77 Å². The molecule has 0 unspecified atom stereocenters. The van der Waals surface area contributed by atoms with Crippen LogP contribution in [-0.2, 0) is 24.1 Å². The van der Waals surface area contributed by atoms with Crippen molar-refractivity contribution in [3.05, 3.63) is 32.4 Å². The van der Waals surface area contributed by atoms with Crippen molar-refractivity contribution in [2.45, 2.75) is 32.2 Å². The van der Waals surface area contributed by atoms with Crippen LogP contribution in [0.1, 0.15) is 24.1 Å². The lowest BCUT2D eigenvalue weighted by atomic mass is 9.95. The third-order valence-corrected chi connectivity index (χ3v) is 4.17. The lowest BCUT2D eigenvalue weighted by Crippen LogP contribution is -2.19. The molecule has 0 saturated carbocycles. The van der Waals surface area contributed by atoms with Gasteiger partial charge in [0.15, 0.2) is 10.6 Å². The topological polar surface area (TPSA) is 75.7 Å². The second kappa shape index (κ2) is 5.95. The van der Waals surface area contributed by atoms with Gasteiger partial charge in [0.1, 0.15) is 0 Å². The Labute approximate surface area is 127 Å². The zero-order chi connectivity index (χ0) is 14.8. The minimum Gasteiger partial charge on any atom is -0.383 e. The molecule has 6 nitrogen and oxygen atoms in total. The van der Waals surface area contributed by atoms with Crippen molar-refractivity contribution < 1.29 is 4.74 Å². The SMILES string of the molecule is COCCn1c(-c2cc3c([nH]c2=O)CCCC3)n[nH]c1=S. The van der Waals surface area contributed by atoms with Crippen LogP contribution in [0.4, 0.5) is 0 Å². The van der Waals surface area contributed by atoms with Gasteiger partial charge < -0.3 is 9.72 Å². The van der Waals surface area contributed by atoms with Crippen LogP contribution in [-0.4, -0.2) is 33.5 Å². The van der Waals surface area contributed by atoms with Gasteiger partial charge in [-0.25, -0.2) is 0 Å². The van der Waals surface area contributed by atoms with Crippen molar-refractivity contribution in [1.82, 2.24) is 19.7 Å². The second-order valence-corrected chi connectivity index (χ2v) is 5.61. The van der Waals surface area contributed by atoms with Crippen molar-refractivity contribution >= 4 is 12.2 Å². The largest absolute Gasteiger partial charge is 0.383 e. The van der Waals surface area contributed by atoms with Crippen LogP contribution >= 0.6 is 12.2 Å². The molecule has 0 atom stereocenters. The zero-order valence-electron chi connectivity index (χ0n) is 11.9. The molecule has 0 saturated heterocycles. The first-order chi connectivity index (χ1) is 10.2. The van der Waals surface area contributed by atoms with Gasteiger partial charge in [0.25, 0.3) is 5.56 Å². The Morgan fingerprint density at radius 2 is 2.24 bits per heavy atom. The minimum atomic E-state index is -0.108. The van der Waals surface area contributed by atoms with Gasteiger partial charge in [-0.15, -0.1) is 0 Å². The first-order valence-corrected chi connectivity index (χ1v) is 7.51. The summed E-state index contributed by atoms with van der Waals surface area (Å²) in [4.78, 5) is 15.3. The summed E-state index contributed by atoms with van der Waals surface area (Å²) in [5.74, 6) is 0.576. The summed E-state index contributed by atoms with van der Waals surface area (Å²) >= 11 is 5.23. The molecule has 0 fully saturated rings. The third kappa shape index (κ3) is 2.71. The number of rotatable bonds is 4. The molecule has 2 aromatic rings. The normalized spacial score (nSPS) is 14.1. The maximum Gasteiger partial charge on any atom is 0.259 e. The molecule has 21 heavy (non-hydrogen) atoms. The molecule has 3 rings (SSSR count). The number of fused-ring (bicyclic) bond motifs is 1. The highest BCUT2D eigenvalue weighted by atomic mass is 32.1. The number of hydrogen-bond acceptors (Lipinski definition) is 4. The van der Waals surface area contributed by atoms with E-state index in [0.717, 1.165) is 31.4 Å². The van der Waals surface area contributed by atoms with E-state index in [0.29, 0.717) is 29.3 Å². The molecule has 0 spiro atoms. The molecule has 2 N–H and O–H groups in total. The van der Waals surface area contributed by atoms with Gasteiger partial charge in [-0.3, -0.25) is 14.5 Å². The highest BCUT2D eigenvalue weighted by molar-refractivity contribution is 7.71. The van der Waals surface area contributed by atoms with E-state index in [1.54, 1.807) is 11.7 Å². The Morgan fingerprint density at radius 1 is 1.43 bits per heavy atom. The Morgan fingerprint density at radius 3 is 3.05 bits per heavy atom. The number of pyridine rings is 1.